The van der Waals surface area contributed by atoms with Crippen molar-refractivity contribution in [1.82, 2.24) is 4.72 Å². The monoisotopic (exact) mass is 287 g/mol. The van der Waals surface area contributed by atoms with E-state index in [2.05, 4.69) is 4.72 Å². The fraction of sp³-hybridized carbons (Fsp3) is 0.500. The van der Waals surface area contributed by atoms with Gasteiger partial charge in [0.15, 0.2) is 5.79 Å². The zero-order chi connectivity index (χ0) is 14.1. The highest BCUT2D eigenvalue weighted by Gasteiger charge is 2.44. The van der Waals surface area contributed by atoms with Gasteiger partial charge in [0.25, 0.3) is 0 Å². The van der Waals surface area contributed by atoms with Crippen molar-refractivity contribution in [3.8, 4) is 0 Å². The summed E-state index contributed by atoms with van der Waals surface area (Å²) < 4.78 is 41.2. The molecule has 106 valence electrons. The summed E-state index contributed by atoms with van der Waals surface area (Å²) in [5.74, 6) is -0.908. The minimum absolute atomic E-state index is 0.598. The number of ether oxygens (including phenoxy) is 2. The van der Waals surface area contributed by atoms with Gasteiger partial charge in [-0.25, -0.2) is 4.18 Å². The smallest absolute Gasteiger partial charge is 0.337 e. The third-order valence-corrected chi connectivity index (χ3v) is 3.60. The molecular formula is C12H17NO5S. The molecule has 0 spiro atoms. The molecule has 0 amide bonds. The van der Waals surface area contributed by atoms with Gasteiger partial charge in [0.05, 0.1) is 0 Å². The van der Waals surface area contributed by atoms with Gasteiger partial charge >= 0.3 is 10.3 Å². The Balaban J connectivity index is 2.25. The molecule has 1 fully saturated rings. The van der Waals surface area contributed by atoms with Gasteiger partial charge in [0, 0.05) is 7.05 Å². The van der Waals surface area contributed by atoms with Crippen LogP contribution in [0, 0.1) is 0 Å². The van der Waals surface area contributed by atoms with E-state index in [1.54, 1.807) is 13.8 Å². The second-order valence-corrected chi connectivity index (χ2v) is 6.10. The molecule has 0 bridgehead atoms. The van der Waals surface area contributed by atoms with Crippen LogP contribution in [0.25, 0.3) is 0 Å². The van der Waals surface area contributed by atoms with Crippen LogP contribution in [-0.4, -0.2) is 27.5 Å². The van der Waals surface area contributed by atoms with Crippen molar-refractivity contribution in [3.05, 3.63) is 35.9 Å². The highest BCUT2D eigenvalue weighted by molar-refractivity contribution is 7.84. The Bertz CT molecular complexity index is 528. The average Bonchev–Trinajstić information content (AvgIpc) is 2.65. The van der Waals surface area contributed by atoms with Crippen molar-refractivity contribution >= 4 is 10.3 Å². The zero-order valence-corrected chi connectivity index (χ0v) is 11.8. The Morgan fingerprint density at radius 1 is 1.21 bits per heavy atom. The predicted octanol–water partition coefficient (Wildman–Crippen LogP) is 1.32. The lowest BCUT2D eigenvalue weighted by molar-refractivity contribution is -0.167. The van der Waals surface area contributed by atoms with Crippen LogP contribution in [0.2, 0.25) is 0 Å². The predicted molar refractivity (Wildman–Crippen MR) is 68.3 cm³/mol. The maximum absolute atomic E-state index is 11.5. The molecule has 1 saturated heterocycles. The second kappa shape index (κ2) is 5.18. The molecule has 0 aliphatic carbocycles. The van der Waals surface area contributed by atoms with Gasteiger partial charge in [-0.15, -0.1) is 0 Å². The number of hydrogen-bond donors (Lipinski definition) is 1. The summed E-state index contributed by atoms with van der Waals surface area (Å²) in [6.45, 7) is 3.41. The first kappa shape index (κ1) is 14.4. The largest absolute Gasteiger partial charge is 0.338 e. The van der Waals surface area contributed by atoms with Gasteiger partial charge < -0.3 is 9.47 Å². The van der Waals surface area contributed by atoms with Crippen molar-refractivity contribution in [2.45, 2.75) is 32.0 Å². The molecule has 2 rings (SSSR count). The normalized spacial score (nSPS) is 26.5. The van der Waals surface area contributed by atoms with E-state index in [0.717, 1.165) is 5.56 Å². The summed E-state index contributed by atoms with van der Waals surface area (Å²) in [4.78, 5) is 0. The van der Waals surface area contributed by atoms with Crippen molar-refractivity contribution in [1.29, 1.82) is 0 Å². The van der Waals surface area contributed by atoms with Crippen LogP contribution in [0.3, 0.4) is 0 Å². The van der Waals surface area contributed by atoms with Crippen molar-refractivity contribution in [3.63, 3.8) is 0 Å². The lowest BCUT2D eigenvalue weighted by Gasteiger charge is -2.16. The fourth-order valence-corrected chi connectivity index (χ4v) is 2.33. The van der Waals surface area contributed by atoms with Gasteiger partial charge in [-0.05, 0) is 19.4 Å². The van der Waals surface area contributed by atoms with E-state index in [0.29, 0.717) is 0 Å². The molecule has 6 nitrogen and oxygen atoms in total. The average molecular weight is 287 g/mol. The number of rotatable bonds is 4. The molecule has 1 N–H and O–H groups in total. The summed E-state index contributed by atoms with van der Waals surface area (Å²) in [6.07, 6.45) is -1.62. The summed E-state index contributed by atoms with van der Waals surface area (Å²) in [5, 5.41) is 0. The number of benzene rings is 1. The maximum Gasteiger partial charge on any atom is 0.338 e. The Hall–Kier alpha value is -0.990. The second-order valence-electron chi connectivity index (χ2n) is 4.59. The number of hydrogen-bond acceptors (Lipinski definition) is 5. The van der Waals surface area contributed by atoms with Crippen molar-refractivity contribution < 1.29 is 22.1 Å². The van der Waals surface area contributed by atoms with Gasteiger partial charge in [-0.3, -0.25) is 0 Å². The molecule has 1 aromatic rings. The molecule has 1 heterocycles. The SMILES string of the molecule is CNS(=O)(=O)OC1OC(C)(C)OC1c1ccccc1. The lowest BCUT2D eigenvalue weighted by Crippen LogP contribution is -2.30. The molecule has 0 aromatic heterocycles. The van der Waals surface area contributed by atoms with E-state index < -0.39 is 28.5 Å². The van der Waals surface area contributed by atoms with Crippen LogP contribution in [0.5, 0.6) is 0 Å². The molecule has 2 unspecified atom stereocenters. The molecule has 1 aromatic carbocycles. The Morgan fingerprint density at radius 2 is 1.84 bits per heavy atom. The summed E-state index contributed by atoms with van der Waals surface area (Å²) in [5.41, 5.74) is 0.796. The topological polar surface area (TPSA) is 73.9 Å². The van der Waals surface area contributed by atoms with E-state index >= 15 is 0 Å². The zero-order valence-electron chi connectivity index (χ0n) is 11.0. The van der Waals surface area contributed by atoms with Crippen LogP contribution in [0.15, 0.2) is 30.3 Å². The summed E-state index contributed by atoms with van der Waals surface area (Å²) in [7, 11) is -2.58. The molecule has 2 atom stereocenters. The molecule has 7 heteroatoms. The Morgan fingerprint density at radius 3 is 2.42 bits per heavy atom. The Kier molecular flexibility index (Phi) is 3.93. The van der Waals surface area contributed by atoms with Crippen molar-refractivity contribution in [2.24, 2.45) is 0 Å². The first-order chi connectivity index (χ1) is 8.83. The van der Waals surface area contributed by atoms with Crippen LogP contribution in [0.4, 0.5) is 0 Å². The van der Waals surface area contributed by atoms with Crippen LogP contribution < -0.4 is 4.72 Å². The van der Waals surface area contributed by atoms with E-state index in [1.807, 2.05) is 30.3 Å². The number of nitrogens with one attached hydrogen (secondary N) is 1. The van der Waals surface area contributed by atoms with Crippen LogP contribution in [0.1, 0.15) is 25.5 Å². The minimum atomic E-state index is -3.85. The summed E-state index contributed by atoms with van der Waals surface area (Å²) in [6, 6.07) is 9.21. The van der Waals surface area contributed by atoms with Gasteiger partial charge in [-0.2, -0.15) is 13.1 Å². The third-order valence-electron chi connectivity index (χ3n) is 2.66. The fourth-order valence-electron chi connectivity index (χ4n) is 1.84. The lowest BCUT2D eigenvalue weighted by atomic mass is 10.1. The van der Waals surface area contributed by atoms with Crippen LogP contribution >= 0.6 is 0 Å². The minimum Gasteiger partial charge on any atom is -0.337 e. The molecular weight excluding hydrogens is 270 g/mol. The van der Waals surface area contributed by atoms with E-state index in [4.69, 9.17) is 13.7 Å². The molecule has 19 heavy (non-hydrogen) atoms. The van der Waals surface area contributed by atoms with Crippen LogP contribution in [-0.2, 0) is 24.0 Å². The third kappa shape index (κ3) is 3.52. The van der Waals surface area contributed by atoms with Gasteiger partial charge in [0.2, 0.25) is 6.29 Å². The van der Waals surface area contributed by atoms with E-state index in [9.17, 15) is 8.42 Å². The van der Waals surface area contributed by atoms with E-state index in [-0.39, 0.29) is 0 Å². The first-order valence-electron chi connectivity index (χ1n) is 5.85. The van der Waals surface area contributed by atoms with Gasteiger partial charge in [0.1, 0.15) is 6.10 Å². The quantitative estimate of drug-likeness (QED) is 0.904. The molecule has 0 saturated carbocycles. The Labute approximate surface area is 112 Å². The molecule has 1 aliphatic rings. The maximum atomic E-state index is 11.5. The first-order valence-corrected chi connectivity index (χ1v) is 7.26. The molecule has 1 aliphatic heterocycles. The highest BCUT2D eigenvalue weighted by Crippen LogP contribution is 2.39. The van der Waals surface area contributed by atoms with Crippen molar-refractivity contribution in [2.75, 3.05) is 7.05 Å². The highest BCUT2D eigenvalue weighted by atomic mass is 32.2. The standard InChI is InChI=1S/C12H17NO5S/c1-12(2)16-10(9-7-5-4-6-8-9)11(17-12)18-19(14,15)13-3/h4-8,10-11,13H,1-3H3. The van der Waals surface area contributed by atoms with Gasteiger partial charge in [-0.1, -0.05) is 30.3 Å². The van der Waals surface area contributed by atoms with E-state index in [1.165, 1.54) is 7.05 Å². The summed E-state index contributed by atoms with van der Waals surface area (Å²) >= 11 is 0. The molecule has 0 radical (unpaired) electrons.